The van der Waals surface area contributed by atoms with E-state index in [0.717, 1.165) is 0 Å². The van der Waals surface area contributed by atoms with Gasteiger partial charge in [-0.05, 0) is 6.42 Å². The second kappa shape index (κ2) is 9.18. The van der Waals surface area contributed by atoms with E-state index in [1.807, 2.05) is 0 Å². The molecule has 2 amide bonds. The van der Waals surface area contributed by atoms with Gasteiger partial charge in [0, 0.05) is 25.5 Å². The van der Waals surface area contributed by atoms with Gasteiger partial charge in [0.15, 0.2) is 0 Å². The third-order valence-corrected chi connectivity index (χ3v) is 2.83. The molecule has 0 aliphatic carbocycles. The number of aliphatic carboxylic acids is 2. The number of hydrogen-bond acceptors (Lipinski definition) is 5. The van der Waals surface area contributed by atoms with Gasteiger partial charge in [-0.3, -0.25) is 19.2 Å². The third-order valence-electron chi connectivity index (χ3n) is 2.83. The number of aromatic amines is 1. The van der Waals surface area contributed by atoms with Crippen molar-refractivity contribution in [3.05, 3.63) is 18.2 Å². The Morgan fingerprint density at radius 1 is 1.17 bits per heavy atom. The summed E-state index contributed by atoms with van der Waals surface area (Å²) in [5, 5.41) is 21.8. The van der Waals surface area contributed by atoms with Crippen LogP contribution in [0.15, 0.2) is 12.5 Å². The Hall–Kier alpha value is -2.91. The van der Waals surface area contributed by atoms with Gasteiger partial charge in [0.25, 0.3) is 0 Å². The molecule has 1 aromatic heterocycles. The van der Waals surface area contributed by atoms with Crippen LogP contribution < -0.4 is 10.6 Å². The van der Waals surface area contributed by atoms with E-state index in [9.17, 15) is 19.2 Å². The van der Waals surface area contributed by atoms with E-state index in [1.165, 1.54) is 6.33 Å². The van der Waals surface area contributed by atoms with Crippen molar-refractivity contribution in [2.75, 3.05) is 6.54 Å². The first-order valence-corrected chi connectivity index (χ1v) is 6.86. The molecule has 0 spiro atoms. The number of imidazole rings is 1. The largest absolute Gasteiger partial charge is 0.481 e. The van der Waals surface area contributed by atoms with Crippen LogP contribution in [0.2, 0.25) is 0 Å². The van der Waals surface area contributed by atoms with Crippen molar-refractivity contribution in [3.63, 3.8) is 0 Å². The summed E-state index contributed by atoms with van der Waals surface area (Å²) in [6.45, 7) is -0.565. The number of carboxylic acids is 2. The van der Waals surface area contributed by atoms with Crippen LogP contribution in [0.3, 0.4) is 0 Å². The first kappa shape index (κ1) is 18.1. The van der Waals surface area contributed by atoms with Gasteiger partial charge in [-0.1, -0.05) is 0 Å². The summed E-state index contributed by atoms with van der Waals surface area (Å²) >= 11 is 0. The molecule has 1 atom stereocenters. The Morgan fingerprint density at radius 3 is 2.48 bits per heavy atom. The maximum absolute atomic E-state index is 12.0. The Bertz CT molecular complexity index is 557. The average molecular weight is 326 g/mol. The molecule has 0 saturated carbocycles. The van der Waals surface area contributed by atoms with Gasteiger partial charge in [-0.2, -0.15) is 0 Å². The van der Waals surface area contributed by atoms with Crippen molar-refractivity contribution in [2.24, 2.45) is 0 Å². The predicted octanol–water partition coefficient (Wildman–Crippen LogP) is -1.11. The molecule has 0 aliphatic heterocycles. The maximum Gasteiger partial charge on any atom is 0.322 e. The van der Waals surface area contributed by atoms with Gasteiger partial charge in [0.2, 0.25) is 11.8 Å². The molecule has 0 aliphatic rings. The van der Waals surface area contributed by atoms with Crippen LogP contribution >= 0.6 is 0 Å². The van der Waals surface area contributed by atoms with E-state index < -0.39 is 36.3 Å². The molecule has 1 rings (SSSR count). The van der Waals surface area contributed by atoms with Crippen molar-refractivity contribution in [2.45, 2.75) is 31.7 Å². The van der Waals surface area contributed by atoms with Crippen LogP contribution in [0.5, 0.6) is 0 Å². The average Bonchev–Trinajstić information content (AvgIpc) is 2.96. The number of aromatic nitrogens is 2. The second-order valence-corrected chi connectivity index (χ2v) is 4.74. The number of carboxylic acid groups (broad SMARTS) is 2. The molecule has 1 unspecified atom stereocenters. The first-order chi connectivity index (χ1) is 10.9. The summed E-state index contributed by atoms with van der Waals surface area (Å²) in [6.07, 6.45) is 3.00. The summed E-state index contributed by atoms with van der Waals surface area (Å²) < 4.78 is 0. The van der Waals surface area contributed by atoms with Gasteiger partial charge in [0.05, 0.1) is 12.0 Å². The highest BCUT2D eigenvalue weighted by molar-refractivity contribution is 5.89. The van der Waals surface area contributed by atoms with Crippen LogP contribution in [0, 0.1) is 0 Å². The molecule has 0 saturated heterocycles. The van der Waals surface area contributed by atoms with E-state index >= 15 is 0 Å². The standard InChI is InChI=1S/C13H18N4O6/c18-10(2-1-3-11(19)20)17-9(4-8-5-14-7-16-8)13(23)15-6-12(21)22/h5,7,9H,1-4,6H2,(H,14,16)(H,15,23)(H,17,18)(H,19,20)(H,21,22). The highest BCUT2D eigenvalue weighted by Crippen LogP contribution is 2.01. The molecule has 10 nitrogen and oxygen atoms in total. The molecule has 10 heteroatoms. The Balaban J connectivity index is 2.59. The van der Waals surface area contributed by atoms with Crippen LogP contribution in [0.4, 0.5) is 0 Å². The van der Waals surface area contributed by atoms with E-state index in [4.69, 9.17) is 10.2 Å². The van der Waals surface area contributed by atoms with Gasteiger partial charge in [-0.25, -0.2) is 4.98 Å². The number of carbonyl (C=O) groups is 4. The Kier molecular flexibility index (Phi) is 7.24. The quantitative estimate of drug-likeness (QED) is 0.364. The lowest BCUT2D eigenvalue weighted by molar-refractivity contribution is -0.138. The highest BCUT2D eigenvalue weighted by Gasteiger charge is 2.22. The number of nitrogens with one attached hydrogen (secondary N) is 3. The molecular formula is C13H18N4O6. The second-order valence-electron chi connectivity index (χ2n) is 4.74. The van der Waals surface area contributed by atoms with Crippen molar-refractivity contribution in [1.82, 2.24) is 20.6 Å². The van der Waals surface area contributed by atoms with Crippen molar-refractivity contribution in [3.8, 4) is 0 Å². The molecular weight excluding hydrogens is 308 g/mol. The molecule has 0 aromatic carbocycles. The van der Waals surface area contributed by atoms with Crippen molar-refractivity contribution < 1.29 is 29.4 Å². The number of H-pyrrole nitrogens is 1. The highest BCUT2D eigenvalue weighted by atomic mass is 16.4. The molecule has 1 aromatic rings. The van der Waals surface area contributed by atoms with Crippen LogP contribution in [-0.2, 0) is 25.6 Å². The van der Waals surface area contributed by atoms with Crippen molar-refractivity contribution in [1.29, 1.82) is 0 Å². The lowest BCUT2D eigenvalue weighted by atomic mass is 10.1. The minimum atomic E-state index is -1.20. The monoisotopic (exact) mass is 326 g/mol. The Labute approximate surface area is 131 Å². The van der Waals surface area contributed by atoms with E-state index in [2.05, 4.69) is 20.6 Å². The summed E-state index contributed by atoms with van der Waals surface area (Å²) in [7, 11) is 0. The van der Waals surface area contributed by atoms with Crippen LogP contribution in [0.1, 0.15) is 25.0 Å². The fourth-order valence-electron chi connectivity index (χ4n) is 1.77. The summed E-state index contributed by atoms with van der Waals surface area (Å²) in [6, 6.07) is -0.991. The predicted molar refractivity (Wildman–Crippen MR) is 76.4 cm³/mol. The number of rotatable bonds is 10. The first-order valence-electron chi connectivity index (χ1n) is 6.86. The summed E-state index contributed by atoms with van der Waals surface area (Å²) in [5.74, 6) is -3.35. The normalized spacial score (nSPS) is 11.5. The number of carbonyl (C=O) groups excluding carboxylic acids is 2. The number of amides is 2. The van der Waals surface area contributed by atoms with Gasteiger partial charge in [0.1, 0.15) is 12.6 Å². The molecule has 1 heterocycles. The molecule has 126 valence electrons. The SMILES string of the molecule is O=C(O)CCCC(=O)NC(Cc1c[nH]cn1)C(=O)NCC(=O)O. The van der Waals surface area contributed by atoms with E-state index in [-0.39, 0.29) is 25.7 Å². The van der Waals surface area contributed by atoms with Crippen LogP contribution in [-0.4, -0.2) is 56.5 Å². The summed E-state index contributed by atoms with van der Waals surface area (Å²) in [4.78, 5) is 51.3. The minimum Gasteiger partial charge on any atom is -0.481 e. The van der Waals surface area contributed by atoms with Gasteiger partial charge in [-0.15, -0.1) is 0 Å². The minimum absolute atomic E-state index is 0.0461. The smallest absolute Gasteiger partial charge is 0.322 e. The fourth-order valence-corrected chi connectivity index (χ4v) is 1.77. The molecule has 0 fully saturated rings. The topological polar surface area (TPSA) is 161 Å². The maximum atomic E-state index is 12.0. The number of nitrogens with zero attached hydrogens (tertiary/aromatic N) is 1. The fraction of sp³-hybridized carbons (Fsp3) is 0.462. The zero-order valence-electron chi connectivity index (χ0n) is 12.2. The molecule has 0 bridgehead atoms. The zero-order chi connectivity index (χ0) is 17.2. The third kappa shape index (κ3) is 7.60. The summed E-state index contributed by atoms with van der Waals surface area (Å²) in [5.41, 5.74) is 0.520. The zero-order valence-corrected chi connectivity index (χ0v) is 12.2. The number of hydrogen-bond donors (Lipinski definition) is 5. The van der Waals surface area contributed by atoms with E-state index in [1.54, 1.807) is 6.20 Å². The van der Waals surface area contributed by atoms with Gasteiger partial charge < -0.3 is 25.8 Å². The molecule has 5 N–H and O–H groups in total. The lowest BCUT2D eigenvalue weighted by Gasteiger charge is -2.17. The van der Waals surface area contributed by atoms with Gasteiger partial charge >= 0.3 is 11.9 Å². The van der Waals surface area contributed by atoms with Crippen LogP contribution in [0.25, 0.3) is 0 Å². The van der Waals surface area contributed by atoms with E-state index in [0.29, 0.717) is 5.69 Å². The van der Waals surface area contributed by atoms with Crippen molar-refractivity contribution >= 4 is 23.8 Å². The molecule has 0 radical (unpaired) electrons. The lowest BCUT2D eigenvalue weighted by Crippen LogP contribution is -2.49. The molecule has 23 heavy (non-hydrogen) atoms. The Morgan fingerprint density at radius 2 is 1.91 bits per heavy atom.